The van der Waals surface area contributed by atoms with Crippen LogP contribution in [0, 0.1) is 0 Å². The molecular formula is C18H30N4O2S. The number of rotatable bonds is 8. The van der Waals surface area contributed by atoms with Gasteiger partial charge in [0.2, 0.25) is 11.8 Å². The largest absolute Gasteiger partial charge is 0.342 e. The second-order valence-corrected chi connectivity index (χ2v) is 7.48. The van der Waals surface area contributed by atoms with E-state index in [1.165, 1.54) is 4.88 Å². The van der Waals surface area contributed by atoms with Gasteiger partial charge >= 0.3 is 0 Å². The fraction of sp³-hybridized carbons (Fsp3) is 0.667. The van der Waals surface area contributed by atoms with E-state index in [0.29, 0.717) is 19.6 Å². The molecule has 0 aromatic carbocycles. The molecule has 1 fully saturated rings. The van der Waals surface area contributed by atoms with E-state index in [0.717, 1.165) is 39.3 Å². The number of amides is 2. The van der Waals surface area contributed by atoms with E-state index in [9.17, 15) is 9.59 Å². The molecule has 1 aliphatic rings. The second kappa shape index (κ2) is 9.89. The van der Waals surface area contributed by atoms with Gasteiger partial charge in [0, 0.05) is 51.2 Å². The molecule has 1 saturated heterocycles. The maximum Gasteiger partial charge on any atom is 0.236 e. The second-order valence-electron chi connectivity index (χ2n) is 6.45. The van der Waals surface area contributed by atoms with Gasteiger partial charge in [0.25, 0.3) is 0 Å². The third-order valence-electron chi connectivity index (χ3n) is 4.70. The standard InChI is InChI=1S/C18H30N4O2S/c1-4-22(5-2)18(24)15-21-10-8-20(9-11-21)14-17(23)19(3)13-16-7-6-12-25-16/h6-7,12H,4-5,8-11,13-15H2,1-3H3. The Balaban J connectivity index is 1.71. The van der Waals surface area contributed by atoms with Crippen LogP contribution in [0.25, 0.3) is 0 Å². The van der Waals surface area contributed by atoms with Crippen LogP contribution in [0.3, 0.4) is 0 Å². The first-order valence-electron chi connectivity index (χ1n) is 9.02. The van der Waals surface area contributed by atoms with Gasteiger partial charge in [-0.3, -0.25) is 19.4 Å². The molecule has 1 aromatic heterocycles. The summed E-state index contributed by atoms with van der Waals surface area (Å²) in [5, 5.41) is 2.03. The minimum atomic E-state index is 0.154. The number of hydrogen-bond donors (Lipinski definition) is 0. The minimum Gasteiger partial charge on any atom is -0.342 e. The maximum atomic E-state index is 12.4. The summed E-state index contributed by atoms with van der Waals surface area (Å²) in [4.78, 5) is 33.8. The molecule has 1 aromatic rings. The van der Waals surface area contributed by atoms with Crippen LogP contribution >= 0.6 is 11.3 Å². The van der Waals surface area contributed by atoms with E-state index in [1.807, 2.05) is 37.2 Å². The lowest BCUT2D eigenvalue weighted by Crippen LogP contribution is -2.52. The van der Waals surface area contributed by atoms with Crippen LogP contribution in [-0.2, 0) is 16.1 Å². The zero-order valence-electron chi connectivity index (χ0n) is 15.6. The first-order chi connectivity index (χ1) is 12.0. The monoisotopic (exact) mass is 366 g/mol. The number of thiophene rings is 1. The van der Waals surface area contributed by atoms with Crippen LogP contribution in [-0.4, -0.2) is 90.8 Å². The lowest BCUT2D eigenvalue weighted by molar-refractivity contribution is -0.134. The van der Waals surface area contributed by atoms with E-state index >= 15 is 0 Å². The van der Waals surface area contributed by atoms with E-state index in [1.54, 1.807) is 16.2 Å². The molecule has 0 atom stereocenters. The molecule has 0 bridgehead atoms. The number of likely N-dealkylation sites (N-methyl/N-ethyl adjacent to an activating group) is 2. The van der Waals surface area contributed by atoms with Crippen molar-refractivity contribution in [2.75, 3.05) is 59.4 Å². The van der Waals surface area contributed by atoms with Crippen molar-refractivity contribution in [1.29, 1.82) is 0 Å². The summed E-state index contributed by atoms with van der Waals surface area (Å²) >= 11 is 1.68. The predicted octanol–water partition coefficient (Wildman–Crippen LogP) is 1.19. The van der Waals surface area contributed by atoms with Crippen molar-refractivity contribution in [1.82, 2.24) is 19.6 Å². The summed E-state index contributed by atoms with van der Waals surface area (Å²) in [6, 6.07) is 4.07. The van der Waals surface area contributed by atoms with E-state index in [4.69, 9.17) is 0 Å². The summed E-state index contributed by atoms with van der Waals surface area (Å²) < 4.78 is 0. The van der Waals surface area contributed by atoms with Gasteiger partial charge in [-0.1, -0.05) is 6.07 Å². The lowest BCUT2D eigenvalue weighted by Gasteiger charge is -2.35. The van der Waals surface area contributed by atoms with E-state index in [2.05, 4.69) is 15.9 Å². The van der Waals surface area contributed by atoms with E-state index < -0.39 is 0 Å². The molecule has 0 radical (unpaired) electrons. The number of carbonyl (C=O) groups is 2. The molecule has 2 heterocycles. The molecule has 0 unspecified atom stereocenters. The summed E-state index contributed by atoms with van der Waals surface area (Å²) in [5.41, 5.74) is 0. The molecule has 7 heteroatoms. The SMILES string of the molecule is CCN(CC)C(=O)CN1CCN(CC(=O)N(C)Cc2cccs2)CC1. The highest BCUT2D eigenvalue weighted by atomic mass is 32.1. The molecule has 2 rings (SSSR count). The minimum absolute atomic E-state index is 0.154. The number of piperazine rings is 1. The number of carbonyl (C=O) groups excluding carboxylic acids is 2. The van der Waals surface area contributed by atoms with Crippen molar-refractivity contribution in [3.05, 3.63) is 22.4 Å². The first kappa shape index (κ1) is 19.9. The number of hydrogen-bond acceptors (Lipinski definition) is 5. The molecule has 0 saturated carbocycles. The van der Waals surface area contributed by atoms with Gasteiger partial charge in [-0.05, 0) is 25.3 Å². The molecule has 6 nitrogen and oxygen atoms in total. The highest BCUT2D eigenvalue weighted by Crippen LogP contribution is 2.11. The number of nitrogens with zero attached hydrogens (tertiary/aromatic N) is 4. The van der Waals surface area contributed by atoms with Crippen molar-refractivity contribution < 1.29 is 9.59 Å². The van der Waals surface area contributed by atoms with Gasteiger partial charge in [0.1, 0.15) is 0 Å². The molecule has 25 heavy (non-hydrogen) atoms. The topological polar surface area (TPSA) is 47.1 Å². The first-order valence-corrected chi connectivity index (χ1v) is 9.90. The summed E-state index contributed by atoms with van der Waals surface area (Å²) in [6.45, 7) is 10.5. The molecule has 0 spiro atoms. The van der Waals surface area contributed by atoms with Crippen LogP contribution in [0.1, 0.15) is 18.7 Å². The van der Waals surface area contributed by atoms with E-state index in [-0.39, 0.29) is 11.8 Å². The Kier molecular flexibility index (Phi) is 7.87. The van der Waals surface area contributed by atoms with Crippen LogP contribution in [0.5, 0.6) is 0 Å². The molecular weight excluding hydrogens is 336 g/mol. The summed E-state index contributed by atoms with van der Waals surface area (Å²) in [7, 11) is 1.86. The third-order valence-corrected chi connectivity index (χ3v) is 5.56. The van der Waals surface area contributed by atoms with Gasteiger partial charge in [-0.2, -0.15) is 0 Å². The predicted molar refractivity (Wildman–Crippen MR) is 102 cm³/mol. The normalized spacial score (nSPS) is 16.0. The Bertz CT molecular complexity index is 537. The highest BCUT2D eigenvalue weighted by Gasteiger charge is 2.23. The molecule has 140 valence electrons. The Morgan fingerprint density at radius 3 is 2.08 bits per heavy atom. The van der Waals surface area contributed by atoms with Gasteiger partial charge in [-0.25, -0.2) is 0 Å². The highest BCUT2D eigenvalue weighted by molar-refractivity contribution is 7.09. The Labute approximate surface area is 155 Å². The van der Waals surface area contributed by atoms with Gasteiger partial charge < -0.3 is 9.80 Å². The van der Waals surface area contributed by atoms with Crippen LogP contribution < -0.4 is 0 Å². The molecule has 0 aliphatic carbocycles. The van der Waals surface area contributed by atoms with Crippen molar-refractivity contribution in [3.8, 4) is 0 Å². The van der Waals surface area contributed by atoms with Gasteiger partial charge in [0.05, 0.1) is 19.6 Å². The molecule has 0 N–H and O–H groups in total. The van der Waals surface area contributed by atoms with Gasteiger partial charge in [0.15, 0.2) is 0 Å². The Hall–Kier alpha value is -1.44. The quantitative estimate of drug-likeness (QED) is 0.693. The van der Waals surface area contributed by atoms with Crippen molar-refractivity contribution in [2.24, 2.45) is 0 Å². The fourth-order valence-corrected chi connectivity index (χ4v) is 3.77. The zero-order valence-corrected chi connectivity index (χ0v) is 16.4. The average Bonchev–Trinajstić information content (AvgIpc) is 3.10. The van der Waals surface area contributed by atoms with Crippen LogP contribution in [0.2, 0.25) is 0 Å². The smallest absolute Gasteiger partial charge is 0.236 e. The van der Waals surface area contributed by atoms with Crippen LogP contribution in [0.15, 0.2) is 17.5 Å². The van der Waals surface area contributed by atoms with Crippen LogP contribution in [0.4, 0.5) is 0 Å². The maximum absolute atomic E-state index is 12.4. The average molecular weight is 367 g/mol. The summed E-state index contributed by atoms with van der Waals surface area (Å²) in [6.07, 6.45) is 0. The fourth-order valence-electron chi connectivity index (χ4n) is 3.01. The summed E-state index contributed by atoms with van der Waals surface area (Å²) in [5.74, 6) is 0.353. The zero-order chi connectivity index (χ0) is 18.2. The van der Waals surface area contributed by atoms with Crippen molar-refractivity contribution in [2.45, 2.75) is 20.4 Å². The van der Waals surface area contributed by atoms with Crippen molar-refractivity contribution >= 4 is 23.2 Å². The third kappa shape index (κ3) is 6.09. The Morgan fingerprint density at radius 1 is 1.04 bits per heavy atom. The van der Waals surface area contributed by atoms with Crippen molar-refractivity contribution in [3.63, 3.8) is 0 Å². The van der Waals surface area contributed by atoms with Gasteiger partial charge in [-0.15, -0.1) is 11.3 Å². The molecule has 1 aliphatic heterocycles. The molecule has 2 amide bonds. The lowest BCUT2D eigenvalue weighted by atomic mass is 10.3. The Morgan fingerprint density at radius 2 is 1.60 bits per heavy atom.